The first-order valence-corrected chi connectivity index (χ1v) is 7.17. The molecule has 104 valence electrons. The van der Waals surface area contributed by atoms with Gasteiger partial charge >= 0.3 is 0 Å². The van der Waals surface area contributed by atoms with Gasteiger partial charge in [-0.2, -0.15) is 0 Å². The average molecular weight is 328 g/mol. The molecule has 0 aromatic heterocycles. The van der Waals surface area contributed by atoms with Crippen LogP contribution in [0.1, 0.15) is 18.4 Å². The topological polar surface area (TPSA) is 58.6 Å². The first-order chi connectivity index (χ1) is 9.04. The fourth-order valence-electron chi connectivity index (χ4n) is 2.04. The van der Waals surface area contributed by atoms with Crippen molar-refractivity contribution >= 4 is 21.8 Å². The van der Waals surface area contributed by atoms with Crippen molar-refractivity contribution < 1.29 is 14.6 Å². The maximum Gasteiger partial charge on any atom is 0.257 e. The van der Waals surface area contributed by atoms with E-state index in [-0.39, 0.29) is 18.6 Å². The lowest BCUT2D eigenvalue weighted by Gasteiger charge is -2.31. The zero-order chi connectivity index (χ0) is 13.8. The van der Waals surface area contributed by atoms with Gasteiger partial charge in [-0.25, -0.2) is 0 Å². The van der Waals surface area contributed by atoms with Crippen molar-refractivity contribution in [3.05, 3.63) is 28.2 Å². The summed E-state index contributed by atoms with van der Waals surface area (Å²) in [6, 6.07) is 5.73. The average Bonchev–Trinajstić information content (AvgIpc) is 2.32. The highest BCUT2D eigenvalue weighted by Crippen LogP contribution is 2.26. The van der Waals surface area contributed by atoms with Gasteiger partial charge < -0.3 is 15.2 Å². The molecule has 2 N–H and O–H groups in total. The normalized spacial score (nSPS) is 21.6. The maximum atomic E-state index is 11.6. The second-order valence-electron chi connectivity index (χ2n) is 5.02. The van der Waals surface area contributed by atoms with E-state index in [9.17, 15) is 4.79 Å². The first-order valence-electron chi connectivity index (χ1n) is 6.38. The number of nitrogens with one attached hydrogen (secondary N) is 1. The second kappa shape index (κ2) is 6.39. The smallest absolute Gasteiger partial charge is 0.257 e. The summed E-state index contributed by atoms with van der Waals surface area (Å²) < 4.78 is 6.30. The molecule has 1 aliphatic rings. The van der Waals surface area contributed by atoms with Crippen LogP contribution in [0.3, 0.4) is 0 Å². The molecule has 0 spiro atoms. The molecule has 1 saturated carbocycles. The van der Waals surface area contributed by atoms with Crippen LogP contribution in [0, 0.1) is 12.8 Å². The summed E-state index contributed by atoms with van der Waals surface area (Å²) in [6.07, 6.45) is 1.39. The number of aryl methyl sites for hydroxylation is 1. The highest BCUT2D eigenvalue weighted by atomic mass is 79.9. The molecule has 1 fully saturated rings. The number of amides is 1. The van der Waals surface area contributed by atoms with E-state index < -0.39 is 0 Å². The van der Waals surface area contributed by atoms with Crippen LogP contribution in [0.2, 0.25) is 0 Å². The van der Waals surface area contributed by atoms with E-state index in [4.69, 9.17) is 9.84 Å². The molecule has 0 radical (unpaired) electrons. The van der Waals surface area contributed by atoms with Crippen molar-refractivity contribution in [2.24, 2.45) is 5.92 Å². The minimum Gasteiger partial charge on any atom is -0.483 e. The van der Waals surface area contributed by atoms with Gasteiger partial charge in [-0.05, 0) is 59.3 Å². The highest BCUT2D eigenvalue weighted by molar-refractivity contribution is 9.10. The number of ether oxygens (including phenoxy) is 1. The molecule has 1 aromatic rings. The first kappa shape index (κ1) is 14.3. The van der Waals surface area contributed by atoms with Gasteiger partial charge in [0.1, 0.15) is 5.75 Å². The Morgan fingerprint density at radius 1 is 1.53 bits per heavy atom. The molecular formula is C14H18BrNO3. The van der Waals surface area contributed by atoms with Crippen LogP contribution in [-0.4, -0.2) is 30.3 Å². The van der Waals surface area contributed by atoms with Crippen LogP contribution in [0.5, 0.6) is 5.75 Å². The summed E-state index contributed by atoms with van der Waals surface area (Å²) in [4.78, 5) is 11.6. The fraction of sp³-hybridized carbons (Fsp3) is 0.500. The van der Waals surface area contributed by atoms with Gasteiger partial charge in [0.05, 0.1) is 10.6 Å². The van der Waals surface area contributed by atoms with Crippen molar-refractivity contribution in [3.8, 4) is 5.75 Å². The minimum atomic E-state index is -0.179. The molecule has 5 heteroatoms. The summed E-state index contributed by atoms with van der Waals surface area (Å²) in [6.45, 7) is 2.62. The molecule has 1 aromatic carbocycles. The van der Waals surface area contributed by atoms with Crippen molar-refractivity contribution in [1.82, 2.24) is 5.32 Å². The zero-order valence-electron chi connectivity index (χ0n) is 10.9. The van der Waals surface area contributed by atoms with Crippen molar-refractivity contribution in [2.75, 3.05) is 13.2 Å². The number of carbonyl (C=O) groups excluding carboxylic acids is 1. The molecule has 0 unspecified atom stereocenters. The summed E-state index contributed by atoms with van der Waals surface area (Å²) >= 11 is 3.40. The Bertz CT molecular complexity index is 458. The maximum absolute atomic E-state index is 11.6. The van der Waals surface area contributed by atoms with Gasteiger partial charge in [0.25, 0.3) is 5.91 Å². The van der Waals surface area contributed by atoms with E-state index in [0.29, 0.717) is 18.2 Å². The molecule has 0 bridgehead atoms. The minimum absolute atomic E-state index is 0.0108. The number of benzene rings is 1. The van der Waals surface area contributed by atoms with Crippen LogP contribution in [0.25, 0.3) is 0 Å². The molecule has 1 amide bonds. The molecular weight excluding hydrogens is 310 g/mol. The van der Waals surface area contributed by atoms with Gasteiger partial charge in [0.15, 0.2) is 6.61 Å². The Kier molecular flexibility index (Phi) is 4.82. The summed E-state index contributed by atoms with van der Waals surface area (Å²) in [5.74, 6) is 0.943. The van der Waals surface area contributed by atoms with Gasteiger partial charge in [0, 0.05) is 6.54 Å². The second-order valence-corrected chi connectivity index (χ2v) is 5.87. The van der Waals surface area contributed by atoms with E-state index in [0.717, 1.165) is 22.9 Å². The molecule has 0 atom stereocenters. The summed E-state index contributed by atoms with van der Waals surface area (Å²) in [7, 11) is 0. The molecule has 19 heavy (non-hydrogen) atoms. The largest absolute Gasteiger partial charge is 0.483 e. The lowest BCUT2D eigenvalue weighted by molar-refractivity contribution is -0.123. The Balaban J connectivity index is 1.71. The number of carbonyl (C=O) groups is 1. The number of aliphatic hydroxyl groups is 1. The van der Waals surface area contributed by atoms with E-state index >= 15 is 0 Å². The van der Waals surface area contributed by atoms with E-state index in [1.54, 1.807) is 0 Å². The van der Waals surface area contributed by atoms with E-state index in [1.165, 1.54) is 0 Å². The quantitative estimate of drug-likeness (QED) is 0.869. The molecule has 0 heterocycles. The standard InChI is InChI=1S/C14H18BrNO3/c1-9-2-3-13(12(15)4-9)19-8-14(18)16-7-10-5-11(17)6-10/h2-4,10-11,17H,5-8H2,1H3,(H,16,18). The Labute approximate surface area is 121 Å². The molecule has 1 aliphatic carbocycles. The van der Waals surface area contributed by atoms with E-state index in [2.05, 4.69) is 21.2 Å². The predicted molar refractivity (Wildman–Crippen MR) is 76.1 cm³/mol. The number of aliphatic hydroxyl groups excluding tert-OH is 1. The third-order valence-corrected chi connectivity index (χ3v) is 3.86. The lowest BCUT2D eigenvalue weighted by atomic mass is 9.82. The van der Waals surface area contributed by atoms with Crippen LogP contribution in [0.4, 0.5) is 0 Å². The van der Waals surface area contributed by atoms with E-state index in [1.807, 2.05) is 25.1 Å². The molecule has 0 aliphatic heterocycles. The summed E-state index contributed by atoms with van der Waals surface area (Å²) in [5, 5.41) is 12.0. The highest BCUT2D eigenvalue weighted by Gasteiger charge is 2.27. The predicted octanol–water partition coefficient (Wildman–Crippen LogP) is 2.02. The fourth-order valence-corrected chi connectivity index (χ4v) is 2.65. The van der Waals surface area contributed by atoms with Crippen LogP contribution >= 0.6 is 15.9 Å². The van der Waals surface area contributed by atoms with Crippen molar-refractivity contribution in [3.63, 3.8) is 0 Å². The van der Waals surface area contributed by atoms with Crippen molar-refractivity contribution in [2.45, 2.75) is 25.9 Å². The number of hydrogen-bond acceptors (Lipinski definition) is 3. The molecule has 2 rings (SSSR count). The van der Waals surface area contributed by atoms with Crippen LogP contribution < -0.4 is 10.1 Å². The van der Waals surface area contributed by atoms with Gasteiger partial charge in [-0.1, -0.05) is 6.07 Å². The zero-order valence-corrected chi connectivity index (χ0v) is 12.4. The Morgan fingerprint density at radius 3 is 2.89 bits per heavy atom. The van der Waals surface area contributed by atoms with Gasteiger partial charge in [-0.3, -0.25) is 4.79 Å². The summed E-state index contributed by atoms with van der Waals surface area (Å²) in [5.41, 5.74) is 1.13. The molecule has 0 saturated heterocycles. The number of rotatable bonds is 5. The third kappa shape index (κ3) is 4.21. The lowest BCUT2D eigenvalue weighted by Crippen LogP contribution is -2.39. The number of halogens is 1. The third-order valence-electron chi connectivity index (χ3n) is 3.24. The molecule has 4 nitrogen and oxygen atoms in total. The van der Waals surface area contributed by atoms with Crippen LogP contribution in [0.15, 0.2) is 22.7 Å². The SMILES string of the molecule is Cc1ccc(OCC(=O)NCC2CC(O)C2)c(Br)c1. The van der Waals surface area contributed by atoms with Gasteiger partial charge in [0.2, 0.25) is 0 Å². The monoisotopic (exact) mass is 327 g/mol. The Hall–Kier alpha value is -1.07. The van der Waals surface area contributed by atoms with Crippen molar-refractivity contribution in [1.29, 1.82) is 0 Å². The Morgan fingerprint density at radius 2 is 2.26 bits per heavy atom. The number of hydrogen-bond donors (Lipinski definition) is 2. The van der Waals surface area contributed by atoms with Crippen LogP contribution in [-0.2, 0) is 4.79 Å². The van der Waals surface area contributed by atoms with Gasteiger partial charge in [-0.15, -0.1) is 0 Å².